The Bertz CT molecular complexity index is 407. The maximum Gasteiger partial charge on any atom is 0.573 e. The number of nitrogens with two attached hydrogens (primary N) is 2. The lowest BCUT2D eigenvalue weighted by atomic mass is 10.1. The predicted octanol–water partition coefficient (Wildman–Crippen LogP) is 1.96. The van der Waals surface area contributed by atoms with Crippen LogP contribution < -0.4 is 16.2 Å². The molecule has 0 bridgehead atoms. The zero-order valence-electron chi connectivity index (χ0n) is 8.26. The number of anilines is 1. The molecule has 0 aliphatic heterocycles. The minimum absolute atomic E-state index is 0.256. The minimum atomic E-state index is -5.13. The quantitative estimate of drug-likeness (QED) is 0.812. The zero-order chi connectivity index (χ0) is 13.2. The molecule has 17 heavy (non-hydrogen) atoms. The summed E-state index contributed by atoms with van der Waals surface area (Å²) in [5.41, 5.74) is 8.96. The molecule has 0 saturated heterocycles. The van der Waals surface area contributed by atoms with Crippen LogP contribution in [0.1, 0.15) is 17.6 Å². The maximum absolute atomic E-state index is 12.6. The highest BCUT2D eigenvalue weighted by Gasteiger charge is 2.35. The third-order valence-corrected chi connectivity index (χ3v) is 1.84. The first kappa shape index (κ1) is 13.4. The lowest BCUT2D eigenvalue weighted by Gasteiger charge is -2.16. The fourth-order valence-electron chi connectivity index (χ4n) is 1.18. The molecular formula is C8H8F5N3O. The number of halogens is 5. The molecule has 1 rings (SSSR count). The van der Waals surface area contributed by atoms with Gasteiger partial charge in [0.05, 0.1) is 5.56 Å². The summed E-state index contributed by atoms with van der Waals surface area (Å²) < 4.78 is 64.8. The van der Waals surface area contributed by atoms with E-state index >= 15 is 0 Å². The molecular weight excluding hydrogens is 249 g/mol. The first-order valence-corrected chi connectivity index (χ1v) is 4.27. The predicted molar refractivity (Wildman–Crippen MR) is 48.2 cm³/mol. The number of pyridine rings is 1. The molecule has 0 saturated carbocycles. The van der Waals surface area contributed by atoms with Crippen LogP contribution in [0.2, 0.25) is 0 Å². The second kappa shape index (κ2) is 4.70. The monoisotopic (exact) mass is 257 g/mol. The van der Waals surface area contributed by atoms with Gasteiger partial charge in [0.15, 0.2) is 11.6 Å². The Labute approximate surface area is 92.4 Å². The maximum atomic E-state index is 12.6. The average Bonchev–Trinajstić information content (AvgIpc) is 2.18. The van der Waals surface area contributed by atoms with Crippen molar-refractivity contribution in [2.24, 2.45) is 5.73 Å². The molecule has 0 radical (unpaired) electrons. The van der Waals surface area contributed by atoms with E-state index in [0.717, 1.165) is 6.20 Å². The molecule has 0 fully saturated rings. The normalized spacial score (nSPS) is 11.9. The van der Waals surface area contributed by atoms with Gasteiger partial charge in [0.2, 0.25) is 0 Å². The molecule has 9 heteroatoms. The molecule has 0 spiro atoms. The standard InChI is InChI=1S/C8H8F5N3O/c9-6(10)4-3(1-14)2-16-7(15)5(4)17-8(11,12)13/h2,6H,1,14H2,(H2,15,16). The zero-order valence-corrected chi connectivity index (χ0v) is 8.26. The fraction of sp³-hybridized carbons (Fsp3) is 0.375. The van der Waals surface area contributed by atoms with E-state index in [1.165, 1.54) is 0 Å². The molecule has 1 aromatic heterocycles. The van der Waals surface area contributed by atoms with E-state index in [4.69, 9.17) is 11.5 Å². The molecule has 96 valence electrons. The Morgan fingerprint density at radius 2 is 1.94 bits per heavy atom. The number of hydrogen-bond acceptors (Lipinski definition) is 4. The van der Waals surface area contributed by atoms with E-state index < -0.39 is 36.5 Å². The minimum Gasteiger partial charge on any atom is -0.401 e. The van der Waals surface area contributed by atoms with Crippen molar-refractivity contribution < 1.29 is 26.7 Å². The number of nitrogens with zero attached hydrogens (tertiary/aromatic N) is 1. The molecule has 1 aromatic rings. The van der Waals surface area contributed by atoms with E-state index in [1.807, 2.05) is 0 Å². The highest BCUT2D eigenvalue weighted by atomic mass is 19.4. The molecule has 4 N–H and O–H groups in total. The van der Waals surface area contributed by atoms with E-state index in [2.05, 4.69) is 9.72 Å². The molecule has 4 nitrogen and oxygen atoms in total. The van der Waals surface area contributed by atoms with Crippen molar-refractivity contribution in [2.75, 3.05) is 5.73 Å². The SMILES string of the molecule is NCc1cnc(N)c(OC(F)(F)F)c1C(F)F. The van der Waals surface area contributed by atoms with Crippen molar-refractivity contribution >= 4 is 5.82 Å². The molecule has 0 amide bonds. The van der Waals surface area contributed by atoms with Crippen molar-refractivity contribution in [1.29, 1.82) is 0 Å². The third-order valence-electron chi connectivity index (χ3n) is 1.84. The first-order valence-electron chi connectivity index (χ1n) is 4.27. The van der Waals surface area contributed by atoms with Crippen LogP contribution in [0.4, 0.5) is 27.8 Å². The number of ether oxygens (including phenoxy) is 1. The smallest absolute Gasteiger partial charge is 0.401 e. The van der Waals surface area contributed by atoms with Crippen molar-refractivity contribution in [1.82, 2.24) is 4.98 Å². The Balaban J connectivity index is 3.34. The van der Waals surface area contributed by atoms with Gasteiger partial charge < -0.3 is 16.2 Å². The summed E-state index contributed by atoms with van der Waals surface area (Å²) in [6.07, 6.45) is -7.44. The van der Waals surface area contributed by atoms with Gasteiger partial charge in [-0.2, -0.15) is 0 Å². The van der Waals surface area contributed by atoms with Crippen LogP contribution in [0.15, 0.2) is 6.20 Å². The van der Waals surface area contributed by atoms with Crippen molar-refractivity contribution in [3.63, 3.8) is 0 Å². The van der Waals surface area contributed by atoms with E-state index in [9.17, 15) is 22.0 Å². The van der Waals surface area contributed by atoms with Crippen LogP contribution in [0.3, 0.4) is 0 Å². The van der Waals surface area contributed by atoms with Crippen LogP contribution in [0.25, 0.3) is 0 Å². The summed E-state index contributed by atoms with van der Waals surface area (Å²) in [6, 6.07) is 0. The van der Waals surface area contributed by atoms with Crippen LogP contribution in [-0.2, 0) is 6.54 Å². The van der Waals surface area contributed by atoms with Gasteiger partial charge >= 0.3 is 6.36 Å². The van der Waals surface area contributed by atoms with Crippen molar-refractivity contribution in [2.45, 2.75) is 19.3 Å². The largest absolute Gasteiger partial charge is 0.573 e. The third kappa shape index (κ3) is 3.16. The highest BCUT2D eigenvalue weighted by molar-refractivity contribution is 5.54. The molecule has 0 atom stereocenters. The second-order valence-corrected chi connectivity index (χ2v) is 2.96. The van der Waals surface area contributed by atoms with Crippen molar-refractivity contribution in [3.8, 4) is 5.75 Å². The Morgan fingerprint density at radius 3 is 2.35 bits per heavy atom. The Morgan fingerprint density at radius 1 is 1.35 bits per heavy atom. The van der Waals surface area contributed by atoms with E-state index in [-0.39, 0.29) is 5.56 Å². The van der Waals surface area contributed by atoms with Gasteiger partial charge in [0.1, 0.15) is 0 Å². The van der Waals surface area contributed by atoms with Crippen LogP contribution in [-0.4, -0.2) is 11.3 Å². The first-order chi connectivity index (χ1) is 7.76. The summed E-state index contributed by atoms with van der Waals surface area (Å²) in [5, 5.41) is 0. The summed E-state index contributed by atoms with van der Waals surface area (Å²) in [5.74, 6) is -1.97. The summed E-state index contributed by atoms with van der Waals surface area (Å²) in [4.78, 5) is 3.32. The van der Waals surface area contributed by atoms with Crippen LogP contribution in [0, 0.1) is 0 Å². The topological polar surface area (TPSA) is 74.2 Å². The highest BCUT2D eigenvalue weighted by Crippen LogP contribution is 2.38. The summed E-state index contributed by atoms with van der Waals surface area (Å²) in [6.45, 7) is -0.402. The van der Waals surface area contributed by atoms with Gasteiger partial charge in [0.25, 0.3) is 6.43 Å². The summed E-state index contributed by atoms with van der Waals surface area (Å²) in [7, 11) is 0. The lowest BCUT2D eigenvalue weighted by Crippen LogP contribution is -2.20. The average molecular weight is 257 g/mol. The van der Waals surface area contributed by atoms with E-state index in [1.54, 1.807) is 0 Å². The number of hydrogen-bond donors (Lipinski definition) is 2. The van der Waals surface area contributed by atoms with Crippen molar-refractivity contribution in [3.05, 3.63) is 17.3 Å². The molecule has 0 aliphatic carbocycles. The molecule has 0 aliphatic rings. The molecule has 0 aromatic carbocycles. The van der Waals surface area contributed by atoms with E-state index in [0.29, 0.717) is 0 Å². The van der Waals surface area contributed by atoms with Gasteiger partial charge in [-0.05, 0) is 5.56 Å². The van der Waals surface area contributed by atoms with Crippen LogP contribution >= 0.6 is 0 Å². The molecule has 0 unspecified atom stereocenters. The van der Waals surface area contributed by atoms with Gasteiger partial charge in [-0.25, -0.2) is 13.8 Å². The Kier molecular flexibility index (Phi) is 3.71. The van der Waals surface area contributed by atoms with Gasteiger partial charge in [-0.15, -0.1) is 13.2 Å². The van der Waals surface area contributed by atoms with Gasteiger partial charge in [-0.3, -0.25) is 0 Å². The van der Waals surface area contributed by atoms with Gasteiger partial charge in [0, 0.05) is 12.7 Å². The molecule has 1 heterocycles. The van der Waals surface area contributed by atoms with Crippen LogP contribution in [0.5, 0.6) is 5.75 Å². The Hall–Kier alpha value is -1.64. The number of aromatic nitrogens is 1. The number of nitrogen functional groups attached to an aromatic ring is 1. The fourth-order valence-corrected chi connectivity index (χ4v) is 1.18. The number of alkyl halides is 5. The van der Waals surface area contributed by atoms with Gasteiger partial charge in [-0.1, -0.05) is 0 Å². The second-order valence-electron chi connectivity index (χ2n) is 2.96. The lowest BCUT2D eigenvalue weighted by molar-refractivity contribution is -0.275. The summed E-state index contributed by atoms with van der Waals surface area (Å²) >= 11 is 0. The number of rotatable bonds is 3.